The topological polar surface area (TPSA) is 55.9 Å². The van der Waals surface area contributed by atoms with Gasteiger partial charge in [0, 0.05) is 13.6 Å². The first kappa shape index (κ1) is 13.9. The number of unbranched alkanes of at least 4 members (excludes halogenated alkanes) is 1. The Kier molecular flexibility index (Phi) is 5.32. The van der Waals surface area contributed by atoms with Gasteiger partial charge < -0.3 is 11.1 Å². The summed E-state index contributed by atoms with van der Waals surface area (Å²) in [6.45, 7) is 7.57. The maximum atomic E-state index is 6.03. The number of hydrogen-bond acceptors (Lipinski definition) is 3. The molecule has 4 heteroatoms. The summed E-state index contributed by atoms with van der Waals surface area (Å²) in [7, 11) is 1.94. The molecule has 0 bridgehead atoms. The van der Waals surface area contributed by atoms with E-state index in [4.69, 9.17) is 5.73 Å². The second-order valence-electron chi connectivity index (χ2n) is 5.00. The Morgan fingerprint density at radius 3 is 2.59 bits per heavy atom. The van der Waals surface area contributed by atoms with Crippen LogP contribution >= 0.6 is 0 Å². The number of nitrogen functional groups attached to an aromatic ring is 1. The second kappa shape index (κ2) is 6.52. The van der Waals surface area contributed by atoms with Gasteiger partial charge in [0.2, 0.25) is 0 Å². The molecule has 0 saturated heterocycles. The van der Waals surface area contributed by atoms with Crippen LogP contribution in [0.2, 0.25) is 0 Å². The van der Waals surface area contributed by atoms with Gasteiger partial charge in [0.05, 0.1) is 11.4 Å². The molecule has 0 aromatic carbocycles. The Hall–Kier alpha value is -1.19. The van der Waals surface area contributed by atoms with Crippen molar-refractivity contribution in [2.75, 3.05) is 17.6 Å². The molecule has 1 aromatic heterocycles. The van der Waals surface area contributed by atoms with E-state index < -0.39 is 0 Å². The lowest BCUT2D eigenvalue weighted by Crippen LogP contribution is -2.08. The second-order valence-corrected chi connectivity index (χ2v) is 5.00. The Bertz CT molecular complexity index is 341. The van der Waals surface area contributed by atoms with Crippen molar-refractivity contribution in [1.82, 2.24) is 9.78 Å². The van der Waals surface area contributed by atoms with Crippen LogP contribution in [0.15, 0.2) is 0 Å². The standard InChI is InChI=1S/C13H26N4/c1-5-11-12(14)13(17(4)16-11)15-9-7-6-8-10(2)3/h10,15H,5-9,14H2,1-4H3. The summed E-state index contributed by atoms with van der Waals surface area (Å²) in [5.74, 6) is 1.76. The molecule has 4 nitrogen and oxygen atoms in total. The van der Waals surface area contributed by atoms with Crippen LogP contribution in [-0.4, -0.2) is 16.3 Å². The molecule has 0 spiro atoms. The van der Waals surface area contributed by atoms with Crippen molar-refractivity contribution >= 4 is 11.5 Å². The molecule has 0 unspecified atom stereocenters. The Morgan fingerprint density at radius 1 is 1.35 bits per heavy atom. The fourth-order valence-electron chi connectivity index (χ4n) is 1.95. The van der Waals surface area contributed by atoms with E-state index >= 15 is 0 Å². The van der Waals surface area contributed by atoms with Crippen molar-refractivity contribution < 1.29 is 0 Å². The molecule has 0 saturated carbocycles. The van der Waals surface area contributed by atoms with Crippen LogP contribution in [0.3, 0.4) is 0 Å². The van der Waals surface area contributed by atoms with E-state index in [2.05, 4.69) is 31.2 Å². The summed E-state index contributed by atoms with van der Waals surface area (Å²) in [4.78, 5) is 0. The molecular weight excluding hydrogens is 212 g/mol. The predicted octanol–water partition coefficient (Wildman–Crippen LogP) is 2.80. The maximum absolute atomic E-state index is 6.03. The number of nitrogens with one attached hydrogen (secondary N) is 1. The normalized spacial score (nSPS) is 11.1. The summed E-state index contributed by atoms with van der Waals surface area (Å²) in [6.07, 6.45) is 4.63. The maximum Gasteiger partial charge on any atom is 0.147 e. The third-order valence-corrected chi connectivity index (χ3v) is 3.00. The van der Waals surface area contributed by atoms with E-state index in [0.717, 1.165) is 36.1 Å². The van der Waals surface area contributed by atoms with E-state index in [-0.39, 0.29) is 0 Å². The van der Waals surface area contributed by atoms with Crippen molar-refractivity contribution in [2.45, 2.75) is 46.5 Å². The largest absolute Gasteiger partial charge is 0.394 e. The molecule has 98 valence electrons. The lowest BCUT2D eigenvalue weighted by atomic mass is 10.1. The van der Waals surface area contributed by atoms with Crippen LogP contribution < -0.4 is 11.1 Å². The predicted molar refractivity (Wildman–Crippen MR) is 74.2 cm³/mol. The van der Waals surface area contributed by atoms with Crippen molar-refractivity contribution in [3.05, 3.63) is 5.69 Å². The molecule has 0 fully saturated rings. The minimum absolute atomic E-state index is 0.795. The number of nitrogens with two attached hydrogens (primary N) is 1. The fraction of sp³-hybridized carbons (Fsp3) is 0.769. The minimum Gasteiger partial charge on any atom is -0.394 e. The highest BCUT2D eigenvalue weighted by molar-refractivity contribution is 5.64. The molecule has 0 aliphatic rings. The summed E-state index contributed by atoms with van der Waals surface area (Å²) in [5, 5.41) is 7.77. The molecular formula is C13H26N4. The Morgan fingerprint density at radius 2 is 2.06 bits per heavy atom. The molecule has 1 aromatic rings. The SMILES string of the molecule is CCc1nn(C)c(NCCCCC(C)C)c1N. The van der Waals surface area contributed by atoms with Crippen molar-refractivity contribution in [3.8, 4) is 0 Å². The Balaban J connectivity index is 2.39. The lowest BCUT2D eigenvalue weighted by Gasteiger charge is -2.08. The van der Waals surface area contributed by atoms with Gasteiger partial charge in [-0.2, -0.15) is 5.10 Å². The lowest BCUT2D eigenvalue weighted by molar-refractivity contribution is 0.544. The van der Waals surface area contributed by atoms with Crippen molar-refractivity contribution in [3.63, 3.8) is 0 Å². The van der Waals surface area contributed by atoms with Crippen LogP contribution in [0.5, 0.6) is 0 Å². The monoisotopic (exact) mass is 238 g/mol. The number of aromatic nitrogens is 2. The van der Waals surface area contributed by atoms with Gasteiger partial charge in [0.25, 0.3) is 0 Å². The third kappa shape index (κ3) is 3.95. The highest BCUT2D eigenvalue weighted by atomic mass is 15.3. The van der Waals surface area contributed by atoms with Gasteiger partial charge in [-0.1, -0.05) is 33.6 Å². The van der Waals surface area contributed by atoms with Gasteiger partial charge in [0.15, 0.2) is 0 Å². The number of hydrogen-bond donors (Lipinski definition) is 2. The highest BCUT2D eigenvalue weighted by Crippen LogP contribution is 2.22. The van der Waals surface area contributed by atoms with Crippen LogP contribution in [0, 0.1) is 5.92 Å². The Labute approximate surface area is 105 Å². The van der Waals surface area contributed by atoms with E-state index in [1.165, 1.54) is 19.3 Å². The quantitative estimate of drug-likeness (QED) is 0.718. The first-order valence-corrected chi connectivity index (χ1v) is 6.61. The van der Waals surface area contributed by atoms with Gasteiger partial charge in [-0.25, -0.2) is 0 Å². The van der Waals surface area contributed by atoms with Crippen LogP contribution in [-0.2, 0) is 13.5 Å². The van der Waals surface area contributed by atoms with E-state index in [1.54, 1.807) is 0 Å². The molecule has 0 aliphatic carbocycles. The smallest absolute Gasteiger partial charge is 0.147 e. The summed E-state index contributed by atoms with van der Waals surface area (Å²) in [6, 6.07) is 0. The first-order valence-electron chi connectivity index (χ1n) is 6.61. The summed E-state index contributed by atoms with van der Waals surface area (Å²) in [5.41, 5.74) is 7.82. The van der Waals surface area contributed by atoms with Gasteiger partial charge in [0.1, 0.15) is 5.82 Å². The molecule has 3 N–H and O–H groups in total. The van der Waals surface area contributed by atoms with E-state index in [9.17, 15) is 0 Å². The van der Waals surface area contributed by atoms with Crippen molar-refractivity contribution in [1.29, 1.82) is 0 Å². The van der Waals surface area contributed by atoms with Gasteiger partial charge in [-0.3, -0.25) is 4.68 Å². The van der Waals surface area contributed by atoms with Crippen LogP contribution in [0.1, 0.15) is 45.7 Å². The zero-order valence-electron chi connectivity index (χ0n) is 11.6. The minimum atomic E-state index is 0.795. The summed E-state index contributed by atoms with van der Waals surface area (Å²) < 4.78 is 1.84. The average Bonchev–Trinajstić information content (AvgIpc) is 2.54. The molecule has 0 radical (unpaired) electrons. The van der Waals surface area contributed by atoms with Gasteiger partial charge in [-0.05, 0) is 18.8 Å². The third-order valence-electron chi connectivity index (χ3n) is 3.00. The van der Waals surface area contributed by atoms with Crippen LogP contribution in [0.4, 0.5) is 11.5 Å². The number of anilines is 2. The molecule has 17 heavy (non-hydrogen) atoms. The fourth-order valence-corrected chi connectivity index (χ4v) is 1.95. The summed E-state index contributed by atoms with van der Waals surface area (Å²) >= 11 is 0. The van der Waals surface area contributed by atoms with E-state index in [1.807, 2.05) is 11.7 Å². The molecule has 0 amide bonds. The average molecular weight is 238 g/mol. The number of aryl methyl sites for hydroxylation is 2. The number of nitrogens with zero attached hydrogens (tertiary/aromatic N) is 2. The molecule has 1 heterocycles. The zero-order chi connectivity index (χ0) is 12.8. The van der Waals surface area contributed by atoms with Crippen LogP contribution in [0.25, 0.3) is 0 Å². The van der Waals surface area contributed by atoms with Crippen molar-refractivity contribution in [2.24, 2.45) is 13.0 Å². The zero-order valence-corrected chi connectivity index (χ0v) is 11.6. The molecule has 1 rings (SSSR count). The number of rotatable bonds is 7. The molecule has 0 atom stereocenters. The van der Waals surface area contributed by atoms with Gasteiger partial charge in [-0.15, -0.1) is 0 Å². The first-order chi connectivity index (χ1) is 8.06. The highest BCUT2D eigenvalue weighted by Gasteiger charge is 2.10. The molecule has 0 aliphatic heterocycles. The van der Waals surface area contributed by atoms with E-state index in [0.29, 0.717) is 0 Å². The van der Waals surface area contributed by atoms with Gasteiger partial charge >= 0.3 is 0 Å².